The molecule has 41 heavy (non-hydrogen) atoms. The fourth-order valence-corrected chi connectivity index (χ4v) is 4.75. The molecule has 1 fully saturated rings. The van der Waals surface area contributed by atoms with Crippen molar-refractivity contribution in [3.8, 4) is 11.1 Å². The van der Waals surface area contributed by atoms with E-state index >= 15 is 0 Å². The smallest absolute Gasteiger partial charge is 0.373 e. The number of alkyl halides is 6. The molecule has 0 bridgehead atoms. The summed E-state index contributed by atoms with van der Waals surface area (Å²) < 4.78 is 86.0. The van der Waals surface area contributed by atoms with Crippen LogP contribution in [0.15, 0.2) is 66.7 Å². The minimum atomic E-state index is -4.56. The molecule has 4 aromatic rings. The van der Waals surface area contributed by atoms with E-state index in [2.05, 4.69) is 15.3 Å². The van der Waals surface area contributed by atoms with Gasteiger partial charge in [-0.05, 0) is 67.4 Å². The lowest BCUT2D eigenvalue weighted by molar-refractivity contribution is -0.234. The highest BCUT2D eigenvalue weighted by atomic mass is 19.4. The summed E-state index contributed by atoms with van der Waals surface area (Å²) in [7, 11) is 0. The van der Waals surface area contributed by atoms with E-state index in [1.807, 2.05) is 13.8 Å². The highest BCUT2D eigenvalue weighted by Gasteiger charge is 2.33. The number of morpholine rings is 1. The second kappa shape index (κ2) is 11.3. The molecule has 2 atom stereocenters. The summed E-state index contributed by atoms with van der Waals surface area (Å²) in [6.07, 6.45) is -9.14. The number of hydroxylamine groups is 2. The van der Waals surface area contributed by atoms with Gasteiger partial charge < -0.3 is 10.1 Å². The van der Waals surface area contributed by atoms with E-state index in [9.17, 15) is 26.3 Å². The van der Waals surface area contributed by atoms with Crippen LogP contribution in [0.5, 0.6) is 0 Å². The summed E-state index contributed by atoms with van der Waals surface area (Å²) in [6.45, 7) is 4.84. The lowest BCUT2D eigenvalue weighted by Crippen LogP contribution is -2.45. The van der Waals surface area contributed by atoms with E-state index in [4.69, 9.17) is 9.57 Å². The van der Waals surface area contributed by atoms with Crippen LogP contribution in [0.25, 0.3) is 22.0 Å². The largest absolute Gasteiger partial charge is 0.417 e. The van der Waals surface area contributed by atoms with E-state index in [0.29, 0.717) is 35.2 Å². The molecule has 0 saturated carbocycles. The molecular weight excluding hydrogens is 550 g/mol. The molecule has 1 aromatic heterocycles. The standard InChI is InChI=1S/C29H26F6N4O2/c1-17-14-39(15-18(2)41-17)40-16-26-37-25-13-19(22-5-3-4-6-24(22)29(33,34)35)7-12-23(25)27(38-26)36-21-10-8-20(9-11-21)28(30,31)32/h3-13,17-18H,14-16H2,1-2H3,(H,36,37,38). The molecule has 0 radical (unpaired) electrons. The van der Waals surface area contributed by atoms with Gasteiger partial charge in [-0.25, -0.2) is 9.97 Å². The van der Waals surface area contributed by atoms with Crippen LogP contribution >= 0.6 is 0 Å². The maximum atomic E-state index is 13.7. The number of benzene rings is 3. The summed E-state index contributed by atoms with van der Waals surface area (Å²) in [4.78, 5) is 15.0. The van der Waals surface area contributed by atoms with Crippen LogP contribution in [0.3, 0.4) is 0 Å². The fraction of sp³-hybridized carbons (Fsp3) is 0.310. The third kappa shape index (κ3) is 6.77. The van der Waals surface area contributed by atoms with Gasteiger partial charge in [-0.15, -0.1) is 0 Å². The molecule has 0 amide bonds. The predicted molar refractivity (Wildman–Crippen MR) is 141 cm³/mol. The van der Waals surface area contributed by atoms with Crippen LogP contribution in [0.4, 0.5) is 37.8 Å². The van der Waals surface area contributed by atoms with Crippen molar-refractivity contribution >= 4 is 22.4 Å². The van der Waals surface area contributed by atoms with Crippen LogP contribution in [0, 0.1) is 0 Å². The van der Waals surface area contributed by atoms with E-state index < -0.39 is 23.5 Å². The second-order valence-electron chi connectivity index (χ2n) is 9.84. The summed E-state index contributed by atoms with van der Waals surface area (Å²) in [5, 5.41) is 5.23. The van der Waals surface area contributed by atoms with E-state index in [-0.39, 0.29) is 36.0 Å². The number of aromatic nitrogens is 2. The highest BCUT2D eigenvalue weighted by molar-refractivity contribution is 5.93. The summed E-state index contributed by atoms with van der Waals surface area (Å²) in [5.74, 6) is 0.507. The molecule has 2 unspecified atom stereocenters. The Balaban J connectivity index is 1.52. The topological polar surface area (TPSA) is 59.5 Å². The zero-order chi connectivity index (χ0) is 29.4. The van der Waals surface area contributed by atoms with Gasteiger partial charge in [0.05, 0.1) is 41.9 Å². The van der Waals surface area contributed by atoms with Crippen LogP contribution in [0.1, 0.15) is 30.8 Å². The summed E-state index contributed by atoms with van der Waals surface area (Å²) in [6, 6.07) is 14.3. The molecule has 2 heterocycles. The average molecular weight is 577 g/mol. The van der Waals surface area contributed by atoms with Crippen molar-refractivity contribution in [3.05, 3.63) is 83.7 Å². The molecule has 0 spiro atoms. The van der Waals surface area contributed by atoms with Crippen molar-refractivity contribution in [1.82, 2.24) is 15.0 Å². The third-order valence-corrected chi connectivity index (χ3v) is 6.52. The Labute approximate surface area is 231 Å². The van der Waals surface area contributed by atoms with Crippen molar-refractivity contribution in [2.45, 2.75) is 45.0 Å². The van der Waals surface area contributed by atoms with Gasteiger partial charge in [0.1, 0.15) is 12.4 Å². The Morgan fingerprint density at radius 1 is 0.878 bits per heavy atom. The van der Waals surface area contributed by atoms with Gasteiger partial charge in [-0.1, -0.05) is 24.3 Å². The zero-order valence-corrected chi connectivity index (χ0v) is 22.1. The quantitative estimate of drug-likeness (QED) is 0.238. The monoisotopic (exact) mass is 576 g/mol. The first-order chi connectivity index (χ1) is 19.4. The first-order valence-electron chi connectivity index (χ1n) is 12.8. The van der Waals surface area contributed by atoms with Crippen LogP contribution < -0.4 is 5.32 Å². The number of halogens is 6. The first-order valence-corrected chi connectivity index (χ1v) is 12.8. The van der Waals surface area contributed by atoms with Gasteiger partial charge in [0, 0.05) is 11.1 Å². The fourth-order valence-electron chi connectivity index (χ4n) is 4.75. The number of fused-ring (bicyclic) bond motifs is 1. The maximum absolute atomic E-state index is 13.7. The lowest BCUT2D eigenvalue weighted by atomic mass is 9.98. The van der Waals surface area contributed by atoms with E-state index in [1.165, 1.54) is 42.5 Å². The number of hydrogen-bond donors (Lipinski definition) is 1. The Bertz CT molecular complexity index is 1520. The summed E-state index contributed by atoms with van der Waals surface area (Å²) in [5.41, 5.74) is -0.611. The van der Waals surface area contributed by atoms with Crippen molar-refractivity contribution in [1.29, 1.82) is 0 Å². The van der Waals surface area contributed by atoms with Crippen molar-refractivity contribution in [2.75, 3.05) is 18.4 Å². The van der Waals surface area contributed by atoms with Gasteiger partial charge in [0.25, 0.3) is 0 Å². The summed E-state index contributed by atoms with van der Waals surface area (Å²) >= 11 is 0. The Morgan fingerprint density at radius 3 is 2.22 bits per heavy atom. The molecule has 1 aliphatic heterocycles. The third-order valence-electron chi connectivity index (χ3n) is 6.52. The van der Waals surface area contributed by atoms with Crippen molar-refractivity contribution < 1.29 is 35.9 Å². The van der Waals surface area contributed by atoms with Gasteiger partial charge >= 0.3 is 12.4 Å². The number of rotatable bonds is 6. The van der Waals surface area contributed by atoms with Crippen LogP contribution in [-0.2, 0) is 28.5 Å². The molecule has 0 aliphatic carbocycles. The molecule has 6 nitrogen and oxygen atoms in total. The molecule has 216 valence electrons. The van der Waals surface area contributed by atoms with Gasteiger partial charge in [-0.3, -0.25) is 4.84 Å². The minimum absolute atomic E-state index is 0.00754. The number of nitrogens with zero attached hydrogens (tertiary/aromatic N) is 3. The maximum Gasteiger partial charge on any atom is 0.417 e. The van der Waals surface area contributed by atoms with Gasteiger partial charge in [0.2, 0.25) is 0 Å². The molecule has 5 rings (SSSR count). The Kier molecular flexibility index (Phi) is 7.91. The highest BCUT2D eigenvalue weighted by Crippen LogP contribution is 2.38. The van der Waals surface area contributed by atoms with E-state index in [1.54, 1.807) is 11.1 Å². The molecule has 3 aromatic carbocycles. The normalized spacial score (nSPS) is 18.5. The van der Waals surface area contributed by atoms with Crippen LogP contribution in [0.2, 0.25) is 0 Å². The average Bonchev–Trinajstić information content (AvgIpc) is 2.90. The SMILES string of the molecule is CC1CN(OCc2nc(Nc3ccc(C(F)(F)F)cc3)c3ccc(-c4ccccc4C(F)(F)F)cc3n2)CC(C)O1. The van der Waals surface area contributed by atoms with Crippen LogP contribution in [-0.4, -0.2) is 40.3 Å². The zero-order valence-electron chi connectivity index (χ0n) is 22.1. The van der Waals surface area contributed by atoms with Crippen molar-refractivity contribution in [3.63, 3.8) is 0 Å². The first kappa shape index (κ1) is 28.8. The number of anilines is 2. The van der Waals surface area contributed by atoms with Crippen molar-refractivity contribution in [2.24, 2.45) is 0 Å². The number of hydrogen-bond acceptors (Lipinski definition) is 6. The molecule has 1 saturated heterocycles. The predicted octanol–water partition coefficient (Wildman–Crippen LogP) is 7.62. The molecule has 12 heteroatoms. The second-order valence-corrected chi connectivity index (χ2v) is 9.84. The Hall–Kier alpha value is -3.74. The number of ether oxygens (including phenoxy) is 1. The molecular formula is C29H26F6N4O2. The minimum Gasteiger partial charge on any atom is -0.373 e. The lowest BCUT2D eigenvalue weighted by Gasteiger charge is -2.34. The molecule has 1 N–H and O–H groups in total. The Morgan fingerprint density at radius 2 is 1.56 bits per heavy atom. The van der Waals surface area contributed by atoms with E-state index in [0.717, 1.165) is 18.2 Å². The van der Waals surface area contributed by atoms with Gasteiger partial charge in [0.15, 0.2) is 5.82 Å². The van der Waals surface area contributed by atoms with Gasteiger partial charge in [-0.2, -0.15) is 31.4 Å². The number of nitrogens with one attached hydrogen (secondary N) is 1. The molecule has 1 aliphatic rings.